The first-order valence-electron chi connectivity index (χ1n) is 13.9. The van der Waals surface area contributed by atoms with Crippen LogP contribution in [0.5, 0.6) is 11.5 Å². The number of carbonyl (C=O) groups is 2. The number of nitrogens with zero attached hydrogens (tertiary/aromatic N) is 2. The number of pyridine rings is 1. The van der Waals surface area contributed by atoms with Crippen LogP contribution in [0.3, 0.4) is 0 Å². The van der Waals surface area contributed by atoms with E-state index in [0.29, 0.717) is 23.7 Å². The predicted molar refractivity (Wildman–Crippen MR) is 162 cm³/mol. The summed E-state index contributed by atoms with van der Waals surface area (Å²) in [5.41, 5.74) is 6.74. The molecule has 0 radical (unpaired) electrons. The Labute approximate surface area is 248 Å². The van der Waals surface area contributed by atoms with E-state index in [4.69, 9.17) is 14.2 Å². The van der Waals surface area contributed by atoms with Crippen molar-refractivity contribution in [3.8, 4) is 22.6 Å². The van der Waals surface area contributed by atoms with Gasteiger partial charge in [-0.25, -0.2) is 14.6 Å². The molecule has 5 aromatic rings. The van der Waals surface area contributed by atoms with Gasteiger partial charge in [0.1, 0.15) is 29.8 Å². The van der Waals surface area contributed by atoms with E-state index in [9.17, 15) is 14.7 Å². The fourth-order valence-corrected chi connectivity index (χ4v) is 5.85. The molecule has 2 aromatic heterocycles. The van der Waals surface area contributed by atoms with Crippen molar-refractivity contribution in [3.63, 3.8) is 0 Å². The highest BCUT2D eigenvalue weighted by Gasteiger charge is 2.30. The third-order valence-electron chi connectivity index (χ3n) is 7.91. The van der Waals surface area contributed by atoms with Crippen molar-refractivity contribution in [2.24, 2.45) is 0 Å². The molecular formula is C34H31N3O6. The molecule has 1 atom stereocenters. The van der Waals surface area contributed by atoms with E-state index in [1.807, 2.05) is 71.4 Å². The first kappa shape index (κ1) is 27.8. The van der Waals surface area contributed by atoms with Crippen molar-refractivity contribution >= 4 is 23.1 Å². The standard InChI is InChI=1S/C34H31N3O6/c1-41-23-14-13-21(31(17-23)42-2)18-37-19-22(24-12-7-15-35-32(24)37)16-30(33(38)39)36-34(40)43-20-29-27-10-5-3-8-25(27)26-9-4-6-11-28(26)29/h3-15,17,19,29-30H,16,18,20H2,1-2H3,(H,36,40)(H,38,39)/t30-/m0/s1. The first-order valence-corrected chi connectivity index (χ1v) is 13.9. The molecular weight excluding hydrogens is 546 g/mol. The Morgan fingerprint density at radius 3 is 2.33 bits per heavy atom. The van der Waals surface area contributed by atoms with E-state index < -0.39 is 18.1 Å². The van der Waals surface area contributed by atoms with Gasteiger partial charge in [-0.1, -0.05) is 48.5 Å². The van der Waals surface area contributed by atoms with Gasteiger partial charge in [-0.05, 0) is 52.1 Å². The van der Waals surface area contributed by atoms with Gasteiger partial charge in [-0.15, -0.1) is 0 Å². The topological polar surface area (TPSA) is 112 Å². The summed E-state index contributed by atoms with van der Waals surface area (Å²) in [7, 11) is 3.20. The van der Waals surface area contributed by atoms with E-state index in [-0.39, 0.29) is 18.9 Å². The number of carboxylic acid groups (broad SMARTS) is 1. The predicted octanol–water partition coefficient (Wildman–Crippen LogP) is 5.64. The lowest BCUT2D eigenvalue weighted by Gasteiger charge is -2.17. The van der Waals surface area contributed by atoms with Crippen molar-refractivity contribution in [1.29, 1.82) is 0 Å². The Hall–Kier alpha value is -5.31. The van der Waals surface area contributed by atoms with Crippen molar-refractivity contribution < 1.29 is 28.9 Å². The molecule has 0 spiro atoms. The van der Waals surface area contributed by atoms with Crippen LogP contribution in [0.1, 0.15) is 28.2 Å². The Balaban J connectivity index is 1.18. The number of aliphatic carboxylic acids is 1. The number of carboxylic acids is 1. The number of rotatable bonds is 10. The Morgan fingerprint density at radius 2 is 1.65 bits per heavy atom. The summed E-state index contributed by atoms with van der Waals surface area (Å²) in [5, 5.41) is 13.4. The van der Waals surface area contributed by atoms with Gasteiger partial charge in [0.2, 0.25) is 0 Å². The highest BCUT2D eigenvalue weighted by atomic mass is 16.5. The van der Waals surface area contributed by atoms with Crippen LogP contribution >= 0.6 is 0 Å². The maximum Gasteiger partial charge on any atom is 0.407 e. The second-order valence-electron chi connectivity index (χ2n) is 10.4. The Kier molecular flexibility index (Phi) is 7.70. The number of carbonyl (C=O) groups excluding carboxylic acids is 1. The molecule has 2 heterocycles. The summed E-state index contributed by atoms with van der Waals surface area (Å²) in [6.45, 7) is 0.539. The third-order valence-corrected chi connectivity index (χ3v) is 7.91. The molecule has 0 unspecified atom stereocenters. The van der Waals surface area contributed by atoms with E-state index in [0.717, 1.165) is 38.8 Å². The number of alkyl carbamates (subject to hydrolysis) is 1. The quantitative estimate of drug-likeness (QED) is 0.221. The molecule has 1 amide bonds. The van der Waals surface area contributed by atoms with E-state index in [1.165, 1.54) is 0 Å². The number of ether oxygens (including phenoxy) is 3. The van der Waals surface area contributed by atoms with Crippen molar-refractivity contribution in [3.05, 3.63) is 114 Å². The normalized spacial score (nSPS) is 12.8. The number of fused-ring (bicyclic) bond motifs is 4. The van der Waals surface area contributed by atoms with Gasteiger partial charge in [-0.3, -0.25) is 0 Å². The largest absolute Gasteiger partial charge is 0.497 e. The molecule has 2 N–H and O–H groups in total. The lowest BCUT2D eigenvalue weighted by Crippen LogP contribution is -2.42. The summed E-state index contributed by atoms with van der Waals surface area (Å²) in [4.78, 5) is 29.8. The van der Waals surface area contributed by atoms with E-state index in [1.54, 1.807) is 26.5 Å². The average molecular weight is 578 g/mol. The van der Waals surface area contributed by atoms with E-state index >= 15 is 0 Å². The summed E-state index contributed by atoms with van der Waals surface area (Å²) >= 11 is 0. The van der Waals surface area contributed by atoms with Crippen LogP contribution in [-0.2, 0) is 22.5 Å². The van der Waals surface area contributed by atoms with Gasteiger partial charge in [0.05, 0.1) is 20.8 Å². The number of hydrogen-bond acceptors (Lipinski definition) is 6. The Bertz CT molecular complexity index is 1770. The Morgan fingerprint density at radius 1 is 0.930 bits per heavy atom. The number of methoxy groups -OCH3 is 2. The molecule has 43 heavy (non-hydrogen) atoms. The van der Waals surface area contributed by atoms with Crippen LogP contribution in [0, 0.1) is 0 Å². The first-order chi connectivity index (χ1) is 21.0. The lowest BCUT2D eigenvalue weighted by atomic mass is 9.98. The minimum atomic E-state index is -1.20. The van der Waals surface area contributed by atoms with Gasteiger partial charge in [-0.2, -0.15) is 0 Å². The second kappa shape index (κ2) is 11.9. The molecule has 9 heteroatoms. The number of benzene rings is 3. The maximum absolute atomic E-state index is 12.9. The molecule has 0 fully saturated rings. The summed E-state index contributed by atoms with van der Waals surface area (Å²) in [5.74, 6) is 0.0648. The van der Waals surface area contributed by atoms with Crippen LogP contribution in [0.25, 0.3) is 22.2 Å². The van der Waals surface area contributed by atoms with Crippen molar-refractivity contribution in [2.45, 2.75) is 24.9 Å². The lowest BCUT2D eigenvalue weighted by molar-refractivity contribution is -0.139. The molecule has 0 bridgehead atoms. The average Bonchev–Trinajstić information content (AvgIpc) is 3.54. The van der Waals surface area contributed by atoms with Crippen LogP contribution in [-0.4, -0.2) is 53.6 Å². The zero-order valence-electron chi connectivity index (χ0n) is 23.8. The van der Waals surface area contributed by atoms with Gasteiger partial charge in [0, 0.05) is 41.7 Å². The molecule has 0 aliphatic heterocycles. The highest BCUT2D eigenvalue weighted by molar-refractivity contribution is 5.84. The summed E-state index contributed by atoms with van der Waals surface area (Å²) < 4.78 is 18.4. The fraction of sp³-hybridized carbons (Fsp3) is 0.206. The minimum Gasteiger partial charge on any atom is -0.497 e. The van der Waals surface area contributed by atoms with Crippen molar-refractivity contribution in [2.75, 3.05) is 20.8 Å². The van der Waals surface area contributed by atoms with Crippen LogP contribution < -0.4 is 14.8 Å². The smallest absolute Gasteiger partial charge is 0.407 e. The van der Waals surface area contributed by atoms with Gasteiger partial charge in [0.15, 0.2) is 0 Å². The fourth-order valence-electron chi connectivity index (χ4n) is 5.85. The molecule has 6 rings (SSSR count). The monoisotopic (exact) mass is 577 g/mol. The molecule has 0 saturated heterocycles. The molecule has 9 nitrogen and oxygen atoms in total. The zero-order valence-corrected chi connectivity index (χ0v) is 23.8. The number of hydrogen-bond donors (Lipinski definition) is 2. The van der Waals surface area contributed by atoms with Crippen LogP contribution in [0.4, 0.5) is 4.79 Å². The van der Waals surface area contributed by atoms with Crippen LogP contribution in [0.15, 0.2) is 91.3 Å². The number of amides is 1. The van der Waals surface area contributed by atoms with Gasteiger partial charge < -0.3 is 29.2 Å². The second-order valence-corrected chi connectivity index (χ2v) is 10.4. The SMILES string of the molecule is COc1ccc(Cn2cc(C[C@H](NC(=O)OCC3c4ccccc4-c4ccccc43)C(=O)O)c3cccnc32)c(OC)c1. The highest BCUT2D eigenvalue weighted by Crippen LogP contribution is 2.44. The van der Waals surface area contributed by atoms with E-state index in [2.05, 4.69) is 22.4 Å². The molecule has 218 valence electrons. The van der Waals surface area contributed by atoms with Crippen molar-refractivity contribution in [1.82, 2.24) is 14.9 Å². The zero-order chi connectivity index (χ0) is 29.9. The molecule has 3 aromatic carbocycles. The molecule has 0 saturated carbocycles. The summed E-state index contributed by atoms with van der Waals surface area (Å²) in [6.07, 6.45) is 2.84. The molecule has 1 aliphatic rings. The van der Waals surface area contributed by atoms with Crippen LogP contribution in [0.2, 0.25) is 0 Å². The number of nitrogens with one attached hydrogen (secondary N) is 1. The third kappa shape index (κ3) is 5.49. The van der Waals surface area contributed by atoms with Gasteiger partial charge in [0.25, 0.3) is 0 Å². The molecule has 1 aliphatic carbocycles. The maximum atomic E-state index is 12.9. The van der Waals surface area contributed by atoms with Gasteiger partial charge >= 0.3 is 12.1 Å². The minimum absolute atomic E-state index is 0.0501. The number of aromatic nitrogens is 2. The summed E-state index contributed by atoms with van der Waals surface area (Å²) in [6, 6.07) is 24.2.